The van der Waals surface area contributed by atoms with Crippen molar-refractivity contribution < 1.29 is 29.7 Å². The van der Waals surface area contributed by atoms with Crippen molar-refractivity contribution in [1.29, 1.82) is 0 Å². The van der Waals surface area contributed by atoms with Gasteiger partial charge < -0.3 is 15.3 Å². The van der Waals surface area contributed by atoms with Crippen LogP contribution in [0.1, 0.15) is 0 Å². The highest BCUT2D eigenvalue weighted by Crippen LogP contribution is 2.40. The molecule has 0 aliphatic rings. The highest BCUT2D eigenvalue weighted by molar-refractivity contribution is 7.58. The first-order valence-electron chi connectivity index (χ1n) is 5.10. The third kappa shape index (κ3) is 6.52. The molecule has 0 saturated carbocycles. The highest BCUT2D eigenvalue weighted by atomic mass is 31.1. The van der Waals surface area contributed by atoms with E-state index in [1.54, 1.807) is 0 Å². The summed E-state index contributed by atoms with van der Waals surface area (Å²) in [5.41, 5.74) is -0.243. The standard InChI is InChI=1S/C12H15O6P/c1-7(10(13)14)4-19(5-8(2)11(15)16)6-9(3)12(17)18/h1-6H2,(H,13,14)(H,15,16)(H,17,18). The second-order valence-corrected chi connectivity index (χ2v) is 6.16. The molecule has 0 radical (unpaired) electrons. The number of hydrogen-bond donors (Lipinski definition) is 3. The Labute approximate surface area is 111 Å². The van der Waals surface area contributed by atoms with Crippen LogP contribution in [0.15, 0.2) is 36.5 Å². The fourth-order valence-electron chi connectivity index (χ4n) is 1.18. The monoisotopic (exact) mass is 286 g/mol. The quantitative estimate of drug-likeness (QED) is 0.436. The molecule has 0 aliphatic carbocycles. The van der Waals surface area contributed by atoms with E-state index in [9.17, 15) is 14.4 Å². The number of aliphatic carboxylic acids is 3. The molecule has 7 heteroatoms. The van der Waals surface area contributed by atoms with Crippen molar-refractivity contribution in [2.24, 2.45) is 0 Å². The number of hydrogen-bond acceptors (Lipinski definition) is 3. The van der Waals surface area contributed by atoms with Crippen LogP contribution >= 0.6 is 7.92 Å². The first-order chi connectivity index (χ1) is 8.65. The summed E-state index contributed by atoms with van der Waals surface area (Å²) in [5, 5.41) is 26.3. The van der Waals surface area contributed by atoms with Gasteiger partial charge in [0.1, 0.15) is 0 Å². The number of rotatable bonds is 9. The summed E-state index contributed by atoms with van der Waals surface area (Å²) in [4.78, 5) is 32.1. The Morgan fingerprint density at radius 2 is 0.895 bits per heavy atom. The van der Waals surface area contributed by atoms with Crippen LogP contribution in [-0.2, 0) is 14.4 Å². The second-order valence-electron chi connectivity index (χ2n) is 3.87. The van der Waals surface area contributed by atoms with Gasteiger partial charge in [-0.2, -0.15) is 0 Å². The zero-order valence-electron chi connectivity index (χ0n) is 10.3. The van der Waals surface area contributed by atoms with E-state index in [1.807, 2.05) is 0 Å². The third-order valence-electron chi connectivity index (χ3n) is 2.15. The number of carboxylic acid groups (broad SMARTS) is 3. The van der Waals surface area contributed by atoms with Crippen LogP contribution in [0.3, 0.4) is 0 Å². The zero-order chi connectivity index (χ0) is 15.2. The molecule has 0 aliphatic heterocycles. The average molecular weight is 286 g/mol. The molecule has 6 nitrogen and oxygen atoms in total. The van der Waals surface area contributed by atoms with Crippen molar-refractivity contribution in [3.8, 4) is 0 Å². The average Bonchev–Trinajstić information content (AvgIpc) is 2.27. The van der Waals surface area contributed by atoms with E-state index in [1.165, 1.54) is 0 Å². The fraction of sp³-hybridized carbons (Fsp3) is 0.250. The van der Waals surface area contributed by atoms with E-state index < -0.39 is 25.8 Å². The molecule has 0 aromatic rings. The summed E-state index contributed by atoms with van der Waals surface area (Å²) in [6.07, 6.45) is 0.135. The van der Waals surface area contributed by atoms with Crippen molar-refractivity contribution in [3.05, 3.63) is 36.5 Å². The minimum Gasteiger partial charge on any atom is -0.478 e. The first kappa shape index (κ1) is 17.1. The van der Waals surface area contributed by atoms with E-state index in [0.29, 0.717) is 0 Å². The molecule has 0 unspecified atom stereocenters. The fourth-order valence-corrected chi connectivity index (χ4v) is 3.54. The topological polar surface area (TPSA) is 112 Å². The maximum absolute atomic E-state index is 10.7. The smallest absolute Gasteiger partial charge is 0.331 e. The molecule has 0 rings (SSSR count). The summed E-state index contributed by atoms with van der Waals surface area (Å²) in [6, 6.07) is 0. The lowest BCUT2D eigenvalue weighted by atomic mass is 10.3. The summed E-state index contributed by atoms with van der Waals surface area (Å²) < 4.78 is 0. The zero-order valence-corrected chi connectivity index (χ0v) is 11.2. The second kappa shape index (κ2) is 7.48. The molecule has 0 aromatic carbocycles. The molecule has 3 N–H and O–H groups in total. The first-order valence-corrected chi connectivity index (χ1v) is 7.00. The third-order valence-corrected chi connectivity index (χ3v) is 4.64. The van der Waals surface area contributed by atoms with Gasteiger partial charge in [-0.1, -0.05) is 27.7 Å². The molecule has 0 spiro atoms. The normalized spacial score (nSPS) is 9.95. The van der Waals surface area contributed by atoms with Crippen LogP contribution in [0.25, 0.3) is 0 Å². The molecule has 0 saturated heterocycles. The van der Waals surface area contributed by atoms with Crippen LogP contribution in [-0.4, -0.2) is 51.7 Å². The molecular weight excluding hydrogens is 271 g/mol. The van der Waals surface area contributed by atoms with Crippen LogP contribution in [0.2, 0.25) is 0 Å². The largest absolute Gasteiger partial charge is 0.478 e. The molecular formula is C12H15O6P. The van der Waals surface area contributed by atoms with Crippen LogP contribution in [0.4, 0.5) is 0 Å². The molecule has 0 bridgehead atoms. The van der Waals surface area contributed by atoms with Gasteiger partial charge in [-0.25, -0.2) is 14.4 Å². The molecule has 0 aromatic heterocycles. The summed E-state index contributed by atoms with van der Waals surface area (Å²) in [5.74, 6) is -3.56. The lowest BCUT2D eigenvalue weighted by molar-refractivity contribution is -0.133. The highest BCUT2D eigenvalue weighted by Gasteiger charge is 2.20. The van der Waals surface area contributed by atoms with Gasteiger partial charge in [-0.05, 0) is 18.5 Å². The number of carboxylic acids is 3. The molecule has 104 valence electrons. The lowest BCUT2D eigenvalue weighted by Crippen LogP contribution is -2.12. The van der Waals surface area contributed by atoms with E-state index in [2.05, 4.69) is 19.7 Å². The maximum atomic E-state index is 10.7. The van der Waals surface area contributed by atoms with E-state index in [-0.39, 0.29) is 35.2 Å². The van der Waals surface area contributed by atoms with E-state index >= 15 is 0 Å². The predicted molar refractivity (Wildman–Crippen MR) is 71.8 cm³/mol. The van der Waals surface area contributed by atoms with Gasteiger partial charge >= 0.3 is 17.9 Å². The summed E-state index contributed by atoms with van der Waals surface area (Å²) in [6.45, 7) is 10.1. The van der Waals surface area contributed by atoms with Gasteiger partial charge in [0.15, 0.2) is 0 Å². The van der Waals surface area contributed by atoms with Crippen LogP contribution < -0.4 is 0 Å². The molecule has 0 heterocycles. The van der Waals surface area contributed by atoms with E-state index in [0.717, 1.165) is 0 Å². The maximum Gasteiger partial charge on any atom is 0.331 e. The van der Waals surface area contributed by atoms with Crippen molar-refractivity contribution in [3.63, 3.8) is 0 Å². The Kier molecular flexibility index (Phi) is 6.72. The molecule has 0 amide bonds. The Balaban J connectivity index is 4.82. The van der Waals surface area contributed by atoms with Gasteiger partial charge in [0, 0.05) is 16.7 Å². The Morgan fingerprint density at radius 3 is 1.05 bits per heavy atom. The number of carbonyl (C=O) groups is 3. The molecule has 19 heavy (non-hydrogen) atoms. The van der Waals surface area contributed by atoms with Crippen molar-refractivity contribution in [2.75, 3.05) is 18.5 Å². The summed E-state index contributed by atoms with van der Waals surface area (Å²) >= 11 is 0. The Hall–Kier alpha value is -1.94. The minimum atomic E-state index is -1.22. The molecule has 0 fully saturated rings. The molecule has 0 atom stereocenters. The summed E-state index contributed by atoms with van der Waals surface area (Å²) in [7, 11) is -1.22. The van der Waals surface area contributed by atoms with Gasteiger partial charge in [-0.15, -0.1) is 0 Å². The lowest BCUT2D eigenvalue weighted by Gasteiger charge is -2.17. The van der Waals surface area contributed by atoms with Crippen molar-refractivity contribution >= 4 is 25.8 Å². The predicted octanol–water partition coefficient (Wildman–Crippen LogP) is 1.39. The Morgan fingerprint density at radius 1 is 0.684 bits per heavy atom. The van der Waals surface area contributed by atoms with Crippen LogP contribution in [0.5, 0.6) is 0 Å². The Bertz CT molecular complexity index is 385. The van der Waals surface area contributed by atoms with Gasteiger partial charge in [-0.3, -0.25) is 0 Å². The van der Waals surface area contributed by atoms with E-state index in [4.69, 9.17) is 15.3 Å². The van der Waals surface area contributed by atoms with Crippen LogP contribution in [0, 0.1) is 0 Å². The SMILES string of the molecule is C=C(CP(CC(=C)C(=O)O)CC(=C)C(=O)O)C(=O)O. The van der Waals surface area contributed by atoms with Gasteiger partial charge in [0.05, 0.1) is 0 Å². The van der Waals surface area contributed by atoms with Gasteiger partial charge in [0.25, 0.3) is 0 Å². The minimum absolute atomic E-state index is 0.0449. The van der Waals surface area contributed by atoms with Crippen molar-refractivity contribution in [1.82, 2.24) is 0 Å². The van der Waals surface area contributed by atoms with Gasteiger partial charge in [0.2, 0.25) is 0 Å². The van der Waals surface area contributed by atoms with Crippen molar-refractivity contribution in [2.45, 2.75) is 0 Å².